The van der Waals surface area contributed by atoms with Gasteiger partial charge in [-0.25, -0.2) is 0 Å². The Labute approximate surface area is 142 Å². The first kappa shape index (κ1) is 17.3. The Morgan fingerprint density at radius 3 is 2.87 bits per heavy atom. The topological polar surface area (TPSA) is 54.0 Å². The minimum atomic E-state index is -0.118. The number of amides is 1. The zero-order chi connectivity index (χ0) is 16.7. The number of halogens is 1. The number of nitrogens with zero attached hydrogens (tertiary/aromatic N) is 1. The second kappa shape index (κ2) is 8.53. The molecule has 0 aliphatic carbocycles. The lowest BCUT2D eigenvalue weighted by Crippen LogP contribution is -2.26. The minimum absolute atomic E-state index is 0.118. The molecule has 0 radical (unpaired) electrons. The number of hydrogen-bond donors (Lipinski definition) is 2. The van der Waals surface area contributed by atoms with Crippen LogP contribution in [0.15, 0.2) is 42.7 Å². The summed E-state index contributed by atoms with van der Waals surface area (Å²) >= 11 is 5.95. The molecule has 23 heavy (non-hydrogen) atoms. The second-order valence-electron chi connectivity index (χ2n) is 5.55. The van der Waals surface area contributed by atoms with Crippen molar-refractivity contribution in [3.63, 3.8) is 0 Å². The van der Waals surface area contributed by atoms with E-state index in [0.717, 1.165) is 24.1 Å². The van der Waals surface area contributed by atoms with Crippen LogP contribution in [0.3, 0.4) is 0 Å². The smallest absolute Gasteiger partial charge is 0.252 e. The van der Waals surface area contributed by atoms with Crippen molar-refractivity contribution >= 4 is 23.2 Å². The van der Waals surface area contributed by atoms with Gasteiger partial charge in [0.2, 0.25) is 0 Å². The van der Waals surface area contributed by atoms with E-state index in [1.807, 2.05) is 30.3 Å². The van der Waals surface area contributed by atoms with E-state index in [1.165, 1.54) is 0 Å². The summed E-state index contributed by atoms with van der Waals surface area (Å²) < 4.78 is 0. The molecule has 2 N–H and O–H groups in total. The number of carbonyl (C=O) groups excluding carboxylic acids is 1. The number of hydrogen-bond acceptors (Lipinski definition) is 3. The van der Waals surface area contributed by atoms with Gasteiger partial charge >= 0.3 is 0 Å². The van der Waals surface area contributed by atoms with Crippen LogP contribution < -0.4 is 10.6 Å². The Morgan fingerprint density at radius 1 is 1.30 bits per heavy atom. The number of carbonyl (C=O) groups is 1. The standard InChI is InChI=1S/C18H22ClN3O/c1-3-13(2)22-17-10-15(11-20-12-17)18(23)21-8-7-14-5-4-6-16(19)9-14/h4-6,9-13,22H,3,7-8H2,1-2H3,(H,21,23). The van der Waals surface area contributed by atoms with Crippen molar-refractivity contribution in [2.75, 3.05) is 11.9 Å². The van der Waals surface area contributed by atoms with Gasteiger partial charge in [0.15, 0.2) is 0 Å². The van der Waals surface area contributed by atoms with Gasteiger partial charge in [0.1, 0.15) is 0 Å². The SMILES string of the molecule is CCC(C)Nc1cncc(C(=O)NCCc2cccc(Cl)c2)c1. The predicted molar refractivity (Wildman–Crippen MR) is 95.1 cm³/mol. The number of pyridine rings is 1. The fourth-order valence-corrected chi connectivity index (χ4v) is 2.36. The van der Waals surface area contributed by atoms with Crippen LogP contribution >= 0.6 is 11.6 Å². The molecule has 0 aliphatic rings. The zero-order valence-corrected chi connectivity index (χ0v) is 14.2. The van der Waals surface area contributed by atoms with Crippen molar-refractivity contribution in [3.8, 4) is 0 Å². The maximum absolute atomic E-state index is 12.2. The summed E-state index contributed by atoms with van der Waals surface area (Å²) in [6.45, 7) is 4.76. The molecule has 0 saturated heterocycles. The van der Waals surface area contributed by atoms with Crippen LogP contribution in [0.5, 0.6) is 0 Å². The van der Waals surface area contributed by atoms with Gasteiger partial charge in [0, 0.05) is 30.0 Å². The summed E-state index contributed by atoms with van der Waals surface area (Å²) in [6, 6.07) is 9.83. The molecular formula is C18H22ClN3O. The van der Waals surface area contributed by atoms with Crippen molar-refractivity contribution < 1.29 is 4.79 Å². The first-order valence-corrected chi connectivity index (χ1v) is 8.20. The van der Waals surface area contributed by atoms with Gasteiger partial charge in [0.25, 0.3) is 5.91 Å². The zero-order valence-electron chi connectivity index (χ0n) is 13.5. The number of rotatable bonds is 7. The Kier molecular flexibility index (Phi) is 6.41. The van der Waals surface area contributed by atoms with E-state index in [-0.39, 0.29) is 5.91 Å². The molecular weight excluding hydrogens is 310 g/mol. The van der Waals surface area contributed by atoms with Crippen LogP contribution in [0, 0.1) is 0 Å². The summed E-state index contributed by atoms with van der Waals surface area (Å²) in [4.78, 5) is 16.3. The van der Waals surface area contributed by atoms with E-state index in [4.69, 9.17) is 11.6 Å². The van der Waals surface area contributed by atoms with E-state index in [1.54, 1.807) is 12.4 Å². The molecule has 1 aromatic heterocycles. The molecule has 122 valence electrons. The third-order valence-corrected chi connectivity index (χ3v) is 3.85. The molecule has 1 atom stereocenters. The number of benzene rings is 1. The molecule has 0 fully saturated rings. The molecule has 1 unspecified atom stereocenters. The van der Waals surface area contributed by atoms with Gasteiger partial charge in [-0.05, 0) is 43.5 Å². The fourth-order valence-electron chi connectivity index (χ4n) is 2.14. The Bertz CT molecular complexity index is 660. The van der Waals surface area contributed by atoms with Crippen molar-refractivity contribution in [2.45, 2.75) is 32.7 Å². The van der Waals surface area contributed by atoms with Crippen LogP contribution in [0.4, 0.5) is 5.69 Å². The number of anilines is 1. The monoisotopic (exact) mass is 331 g/mol. The highest BCUT2D eigenvalue weighted by molar-refractivity contribution is 6.30. The molecule has 4 nitrogen and oxygen atoms in total. The molecule has 0 bridgehead atoms. The quantitative estimate of drug-likeness (QED) is 0.808. The molecule has 2 rings (SSSR count). The van der Waals surface area contributed by atoms with Gasteiger partial charge < -0.3 is 10.6 Å². The van der Waals surface area contributed by atoms with Crippen molar-refractivity contribution in [1.29, 1.82) is 0 Å². The van der Waals surface area contributed by atoms with E-state index in [0.29, 0.717) is 23.2 Å². The largest absolute Gasteiger partial charge is 0.381 e. The first-order chi connectivity index (χ1) is 11.1. The molecule has 1 aromatic carbocycles. The van der Waals surface area contributed by atoms with E-state index in [2.05, 4.69) is 29.5 Å². The predicted octanol–water partition coefficient (Wildman–Crippen LogP) is 3.92. The summed E-state index contributed by atoms with van der Waals surface area (Å²) in [5.74, 6) is -0.118. The molecule has 0 saturated carbocycles. The van der Waals surface area contributed by atoms with E-state index >= 15 is 0 Å². The van der Waals surface area contributed by atoms with Gasteiger partial charge in [-0.3, -0.25) is 9.78 Å². The normalized spacial score (nSPS) is 11.8. The maximum Gasteiger partial charge on any atom is 0.252 e. The van der Waals surface area contributed by atoms with Gasteiger partial charge in [-0.1, -0.05) is 30.7 Å². The van der Waals surface area contributed by atoms with Crippen LogP contribution in [0.25, 0.3) is 0 Å². The molecule has 1 heterocycles. The average Bonchev–Trinajstić information content (AvgIpc) is 2.55. The highest BCUT2D eigenvalue weighted by Crippen LogP contribution is 2.12. The molecule has 2 aromatic rings. The Balaban J connectivity index is 1.89. The van der Waals surface area contributed by atoms with Crippen LogP contribution in [-0.4, -0.2) is 23.5 Å². The lowest BCUT2D eigenvalue weighted by Gasteiger charge is -2.13. The van der Waals surface area contributed by atoms with E-state index < -0.39 is 0 Å². The molecule has 0 spiro atoms. The van der Waals surface area contributed by atoms with Crippen molar-refractivity contribution in [1.82, 2.24) is 10.3 Å². The van der Waals surface area contributed by atoms with Gasteiger partial charge in [-0.2, -0.15) is 0 Å². The molecule has 0 aliphatic heterocycles. The summed E-state index contributed by atoms with van der Waals surface area (Å²) in [5, 5.41) is 6.94. The third-order valence-electron chi connectivity index (χ3n) is 3.61. The fraction of sp³-hybridized carbons (Fsp3) is 0.333. The number of nitrogens with one attached hydrogen (secondary N) is 2. The van der Waals surface area contributed by atoms with Crippen molar-refractivity contribution in [2.24, 2.45) is 0 Å². The lowest BCUT2D eigenvalue weighted by atomic mass is 10.1. The highest BCUT2D eigenvalue weighted by atomic mass is 35.5. The van der Waals surface area contributed by atoms with Crippen LogP contribution in [0.2, 0.25) is 5.02 Å². The number of aromatic nitrogens is 1. The van der Waals surface area contributed by atoms with Crippen molar-refractivity contribution in [3.05, 3.63) is 58.9 Å². The highest BCUT2D eigenvalue weighted by Gasteiger charge is 2.07. The molecule has 1 amide bonds. The lowest BCUT2D eigenvalue weighted by molar-refractivity contribution is 0.0954. The maximum atomic E-state index is 12.2. The van der Waals surface area contributed by atoms with Crippen LogP contribution in [0.1, 0.15) is 36.2 Å². The second-order valence-corrected chi connectivity index (χ2v) is 5.99. The summed E-state index contributed by atoms with van der Waals surface area (Å²) in [7, 11) is 0. The average molecular weight is 332 g/mol. The first-order valence-electron chi connectivity index (χ1n) is 7.82. The van der Waals surface area contributed by atoms with Gasteiger partial charge in [0.05, 0.1) is 11.3 Å². The van der Waals surface area contributed by atoms with Crippen LogP contribution in [-0.2, 0) is 6.42 Å². The van der Waals surface area contributed by atoms with Gasteiger partial charge in [-0.15, -0.1) is 0 Å². The Morgan fingerprint density at radius 2 is 2.13 bits per heavy atom. The minimum Gasteiger partial charge on any atom is -0.381 e. The summed E-state index contributed by atoms with van der Waals surface area (Å²) in [5.41, 5.74) is 2.52. The summed E-state index contributed by atoms with van der Waals surface area (Å²) in [6.07, 6.45) is 5.06. The van der Waals surface area contributed by atoms with E-state index in [9.17, 15) is 4.79 Å². The third kappa shape index (κ3) is 5.57. The molecule has 5 heteroatoms. The Hall–Kier alpha value is -2.07.